The molecule has 1 fully saturated rings. The van der Waals surface area contributed by atoms with Crippen molar-refractivity contribution in [1.29, 1.82) is 0 Å². The third kappa shape index (κ3) is 5.48. The summed E-state index contributed by atoms with van der Waals surface area (Å²) < 4.78 is 121. The molecule has 0 saturated carbocycles. The van der Waals surface area contributed by atoms with E-state index in [-0.39, 0.29) is 10.5 Å². The Hall–Kier alpha value is -3.59. The maximum atomic E-state index is 15.1. The normalized spacial score (nSPS) is 18.5. The van der Waals surface area contributed by atoms with E-state index in [1.807, 2.05) is 0 Å². The van der Waals surface area contributed by atoms with Crippen LogP contribution in [0.3, 0.4) is 0 Å². The molecule has 0 radical (unpaired) electrons. The number of nitrogens with zero attached hydrogens (tertiary/aromatic N) is 3. The Labute approximate surface area is 211 Å². The van der Waals surface area contributed by atoms with Crippen LogP contribution in [-0.2, 0) is 27.5 Å². The Morgan fingerprint density at radius 1 is 1.03 bits per heavy atom. The molecule has 3 aromatic rings. The molecule has 1 N–H and O–H groups in total. The van der Waals surface area contributed by atoms with Crippen molar-refractivity contribution in [3.05, 3.63) is 77.6 Å². The molecule has 3 heterocycles. The van der Waals surface area contributed by atoms with Gasteiger partial charge in [0.1, 0.15) is 23.7 Å². The first-order valence-electron chi connectivity index (χ1n) is 10.8. The zero-order chi connectivity index (χ0) is 27.8. The highest BCUT2D eigenvalue weighted by atomic mass is 32.2. The van der Waals surface area contributed by atoms with Gasteiger partial charge in [0, 0.05) is 24.7 Å². The minimum Gasteiger partial charge on any atom is -0.349 e. The van der Waals surface area contributed by atoms with Crippen LogP contribution < -0.4 is 5.32 Å². The Morgan fingerprint density at radius 3 is 2.32 bits per heavy atom. The molecule has 7 nitrogen and oxygen atoms in total. The largest absolute Gasteiger partial charge is 0.433 e. The van der Waals surface area contributed by atoms with Crippen LogP contribution in [-0.4, -0.2) is 47.4 Å². The second-order valence-corrected chi connectivity index (χ2v) is 10.2. The second kappa shape index (κ2) is 10.3. The summed E-state index contributed by atoms with van der Waals surface area (Å²) in [5.74, 6) is -4.20. The van der Waals surface area contributed by atoms with E-state index in [4.69, 9.17) is 0 Å². The number of pyridine rings is 2. The lowest BCUT2D eigenvalue weighted by Gasteiger charge is -2.23. The fraction of sp³-hybridized carbons (Fsp3) is 0.261. The number of amides is 1. The quantitative estimate of drug-likeness (QED) is 0.459. The molecule has 1 saturated heterocycles. The van der Waals surface area contributed by atoms with E-state index in [2.05, 4.69) is 15.3 Å². The average Bonchev–Trinajstić information content (AvgIpc) is 3.26. The topological polar surface area (TPSA) is 92.3 Å². The van der Waals surface area contributed by atoms with Crippen LogP contribution in [0.2, 0.25) is 0 Å². The van der Waals surface area contributed by atoms with Crippen molar-refractivity contribution >= 4 is 15.9 Å². The first kappa shape index (κ1) is 27.4. The molecule has 1 aliphatic heterocycles. The van der Waals surface area contributed by atoms with Gasteiger partial charge in [-0.25, -0.2) is 26.0 Å². The van der Waals surface area contributed by atoms with Crippen molar-refractivity contribution < 1.29 is 43.9 Å². The summed E-state index contributed by atoms with van der Waals surface area (Å²) in [5, 5.41) is 2.23. The molecule has 38 heavy (non-hydrogen) atoms. The second-order valence-electron chi connectivity index (χ2n) is 8.27. The van der Waals surface area contributed by atoms with Crippen LogP contribution in [0.1, 0.15) is 17.8 Å². The number of rotatable bonds is 6. The highest BCUT2D eigenvalue weighted by Gasteiger charge is 2.44. The number of benzene rings is 1. The molecule has 0 aliphatic carbocycles. The maximum Gasteiger partial charge on any atom is 0.433 e. The minimum atomic E-state index is -4.76. The Morgan fingerprint density at radius 2 is 1.71 bits per heavy atom. The van der Waals surface area contributed by atoms with Crippen LogP contribution in [0.25, 0.3) is 11.1 Å². The minimum absolute atomic E-state index is 0.324. The van der Waals surface area contributed by atoms with Gasteiger partial charge in [0.05, 0.1) is 28.9 Å². The molecule has 15 heteroatoms. The van der Waals surface area contributed by atoms with Gasteiger partial charge in [-0.05, 0) is 30.3 Å². The monoisotopic (exact) mass is 562 g/mol. The summed E-state index contributed by atoms with van der Waals surface area (Å²) in [5.41, 5.74) is -2.85. The molecular weight excluding hydrogens is 545 g/mol. The standard InChI is InChI=1S/C23H17F7N4O3S/c24-13-2-4-15(5-3-13)38(36,37)34-11-14(25)7-18(34)22(35)33-10-17-21(27)20(16(26)9-31-17)12-1-6-19(32-8-12)23(28,29)30/h1-6,8-9,14,18H,7,10-11H2,(H,33,35)/t14-,18+/m1/s1. The van der Waals surface area contributed by atoms with Crippen LogP contribution in [0, 0.1) is 17.5 Å². The molecular formula is C23H17F7N4O3S. The first-order chi connectivity index (χ1) is 17.8. The van der Waals surface area contributed by atoms with E-state index in [0.717, 1.165) is 30.3 Å². The van der Waals surface area contributed by atoms with Gasteiger partial charge >= 0.3 is 6.18 Å². The molecule has 202 valence electrons. The molecule has 2 aromatic heterocycles. The number of aromatic nitrogens is 2. The van der Waals surface area contributed by atoms with Gasteiger partial charge < -0.3 is 5.32 Å². The Balaban J connectivity index is 1.54. The van der Waals surface area contributed by atoms with E-state index in [1.54, 1.807) is 0 Å². The van der Waals surface area contributed by atoms with E-state index in [9.17, 15) is 39.6 Å². The van der Waals surface area contributed by atoms with Crippen molar-refractivity contribution in [3.8, 4) is 11.1 Å². The van der Waals surface area contributed by atoms with Gasteiger partial charge in [0.2, 0.25) is 15.9 Å². The third-order valence-electron chi connectivity index (χ3n) is 5.75. The molecule has 0 bridgehead atoms. The Kier molecular flexibility index (Phi) is 7.43. The summed E-state index contributed by atoms with van der Waals surface area (Å²) in [4.78, 5) is 19.1. The van der Waals surface area contributed by atoms with Crippen molar-refractivity contribution in [2.24, 2.45) is 0 Å². The number of carbonyl (C=O) groups excluding carboxylic acids is 1. The van der Waals surface area contributed by atoms with Gasteiger partial charge in [0.25, 0.3) is 0 Å². The summed E-state index contributed by atoms with van der Waals surface area (Å²) in [6.07, 6.45) is -5.74. The highest BCUT2D eigenvalue weighted by molar-refractivity contribution is 7.89. The fourth-order valence-corrected chi connectivity index (χ4v) is 5.52. The van der Waals surface area contributed by atoms with Gasteiger partial charge in [-0.1, -0.05) is 6.07 Å². The van der Waals surface area contributed by atoms with Crippen LogP contribution in [0.15, 0.2) is 53.7 Å². The molecule has 1 aromatic carbocycles. The molecule has 4 rings (SSSR count). The van der Waals surface area contributed by atoms with Crippen molar-refractivity contribution in [2.45, 2.75) is 36.3 Å². The Bertz CT molecular complexity index is 1450. The predicted molar refractivity (Wildman–Crippen MR) is 118 cm³/mol. The summed E-state index contributed by atoms with van der Waals surface area (Å²) >= 11 is 0. The number of alkyl halides is 4. The zero-order valence-electron chi connectivity index (χ0n) is 19.0. The SMILES string of the molecule is O=C(NCc1ncc(F)c(-c2ccc(C(F)(F)F)nc2)c1F)[C@@H]1C[C@@H](F)CN1S(=O)(=O)c1ccc(F)cc1. The smallest absolute Gasteiger partial charge is 0.349 e. The lowest BCUT2D eigenvalue weighted by Crippen LogP contribution is -2.45. The lowest BCUT2D eigenvalue weighted by molar-refractivity contribution is -0.141. The molecule has 1 amide bonds. The van der Waals surface area contributed by atoms with Crippen molar-refractivity contribution in [2.75, 3.05) is 6.54 Å². The number of sulfonamides is 1. The van der Waals surface area contributed by atoms with Crippen molar-refractivity contribution in [1.82, 2.24) is 19.6 Å². The van der Waals surface area contributed by atoms with Gasteiger partial charge in [0.15, 0.2) is 11.6 Å². The lowest BCUT2D eigenvalue weighted by atomic mass is 10.1. The van der Waals surface area contributed by atoms with Crippen LogP contribution in [0.4, 0.5) is 30.7 Å². The summed E-state index contributed by atoms with van der Waals surface area (Å²) in [6.45, 7) is -1.32. The van der Waals surface area contributed by atoms with E-state index in [0.29, 0.717) is 22.8 Å². The maximum absolute atomic E-state index is 15.1. The van der Waals surface area contributed by atoms with E-state index >= 15 is 4.39 Å². The fourth-order valence-electron chi connectivity index (χ4n) is 3.89. The molecule has 1 aliphatic rings. The summed E-state index contributed by atoms with van der Waals surface area (Å²) in [7, 11) is -4.40. The summed E-state index contributed by atoms with van der Waals surface area (Å²) in [6, 6.07) is 3.52. The number of nitrogens with one attached hydrogen (secondary N) is 1. The number of halogens is 7. The van der Waals surface area contributed by atoms with Crippen molar-refractivity contribution in [3.63, 3.8) is 0 Å². The van der Waals surface area contributed by atoms with Crippen LogP contribution >= 0.6 is 0 Å². The molecule has 2 atom stereocenters. The number of hydrogen-bond donors (Lipinski definition) is 1. The van der Waals surface area contributed by atoms with Gasteiger partial charge in [-0.2, -0.15) is 17.5 Å². The zero-order valence-corrected chi connectivity index (χ0v) is 19.8. The van der Waals surface area contributed by atoms with E-state index < -0.39 is 88.2 Å². The van der Waals surface area contributed by atoms with Gasteiger partial charge in [-0.3, -0.25) is 14.8 Å². The number of hydrogen-bond acceptors (Lipinski definition) is 5. The van der Waals surface area contributed by atoms with E-state index in [1.165, 1.54) is 0 Å². The third-order valence-corrected chi connectivity index (χ3v) is 7.63. The predicted octanol–water partition coefficient (Wildman–Crippen LogP) is 4.00. The number of carbonyl (C=O) groups is 1. The highest BCUT2D eigenvalue weighted by Crippen LogP contribution is 2.32. The molecule has 0 unspecified atom stereocenters. The first-order valence-corrected chi connectivity index (χ1v) is 12.3. The van der Waals surface area contributed by atoms with Crippen LogP contribution in [0.5, 0.6) is 0 Å². The average molecular weight is 562 g/mol. The van der Waals surface area contributed by atoms with Gasteiger partial charge in [-0.15, -0.1) is 0 Å². The molecule has 0 spiro atoms.